The van der Waals surface area contributed by atoms with Gasteiger partial charge in [-0.25, -0.2) is 18.2 Å². The smallest absolute Gasteiger partial charge is 0.155 e. The Labute approximate surface area is 149 Å². The maximum Gasteiger partial charge on any atom is 0.155 e. The highest BCUT2D eigenvalue weighted by atomic mass is 19.1. The van der Waals surface area contributed by atoms with Gasteiger partial charge in [0.15, 0.2) is 5.82 Å². The predicted molar refractivity (Wildman–Crippen MR) is 90.8 cm³/mol. The van der Waals surface area contributed by atoms with Crippen LogP contribution in [0.4, 0.5) is 13.2 Å². The number of rotatable bonds is 5. The third kappa shape index (κ3) is 3.47. The van der Waals surface area contributed by atoms with Crippen molar-refractivity contribution in [2.75, 3.05) is 0 Å². The lowest BCUT2D eigenvalue weighted by atomic mass is 9.92. The molecule has 0 aliphatic heterocycles. The molecule has 4 N–H and O–H groups in total. The van der Waals surface area contributed by atoms with Gasteiger partial charge in [-0.1, -0.05) is 0 Å². The second kappa shape index (κ2) is 6.33. The third-order valence-electron chi connectivity index (χ3n) is 4.72. The van der Waals surface area contributed by atoms with E-state index in [1.165, 1.54) is 32.0 Å². The summed E-state index contributed by atoms with van der Waals surface area (Å²) in [5.74, 6) is -1.29. The minimum absolute atomic E-state index is 0.0423. The lowest BCUT2D eigenvalue weighted by Gasteiger charge is -2.25. The van der Waals surface area contributed by atoms with Crippen LogP contribution in [0.5, 0.6) is 0 Å². The van der Waals surface area contributed by atoms with E-state index in [9.17, 15) is 23.4 Å². The van der Waals surface area contributed by atoms with Crippen LogP contribution in [0.1, 0.15) is 44.1 Å². The summed E-state index contributed by atoms with van der Waals surface area (Å²) in [7, 11) is 0. The molecular weight excluding hydrogens is 345 g/mol. The molecule has 2 aromatic rings. The van der Waals surface area contributed by atoms with Gasteiger partial charge in [0.2, 0.25) is 0 Å². The van der Waals surface area contributed by atoms with Crippen LogP contribution in [0.15, 0.2) is 30.3 Å². The number of hydrogen-bond acceptors (Lipinski definition) is 4. The van der Waals surface area contributed by atoms with E-state index >= 15 is 0 Å². The van der Waals surface area contributed by atoms with E-state index in [1.54, 1.807) is 0 Å². The molecule has 1 fully saturated rings. The van der Waals surface area contributed by atoms with E-state index in [-0.39, 0.29) is 35.4 Å². The maximum atomic E-state index is 14.9. The Morgan fingerprint density at radius 1 is 1.19 bits per heavy atom. The standard InChI is InChI=1S/C19H21F3N2O2/c1-18(2,26)12-9-13(16(25)17(23)19(22)7-8-19)24-15(14(12)21)10-3-5-11(20)6-4-10/h3-6,9,16-17,25-26H,7-8,23H2,1-2H3/t16?,17-/m0/s1. The van der Waals surface area contributed by atoms with E-state index in [1.807, 2.05) is 0 Å². The Morgan fingerprint density at radius 2 is 1.77 bits per heavy atom. The van der Waals surface area contributed by atoms with Gasteiger partial charge in [-0.3, -0.25) is 0 Å². The molecule has 0 spiro atoms. The molecule has 26 heavy (non-hydrogen) atoms. The summed E-state index contributed by atoms with van der Waals surface area (Å²) in [4.78, 5) is 4.10. The van der Waals surface area contributed by atoms with Crippen LogP contribution in [-0.4, -0.2) is 26.9 Å². The summed E-state index contributed by atoms with van der Waals surface area (Å²) < 4.78 is 42.3. The largest absolute Gasteiger partial charge is 0.386 e. The highest BCUT2D eigenvalue weighted by molar-refractivity contribution is 5.61. The number of pyridine rings is 1. The van der Waals surface area contributed by atoms with Gasteiger partial charge < -0.3 is 15.9 Å². The normalized spacial score (nSPS) is 18.5. The van der Waals surface area contributed by atoms with Crippen molar-refractivity contribution in [1.29, 1.82) is 0 Å². The Bertz CT molecular complexity index is 815. The molecule has 140 valence electrons. The second-order valence-corrected chi connectivity index (χ2v) is 7.33. The molecule has 1 aromatic carbocycles. The molecule has 4 nitrogen and oxygen atoms in total. The van der Waals surface area contributed by atoms with E-state index in [0.717, 1.165) is 12.1 Å². The summed E-state index contributed by atoms with van der Waals surface area (Å²) >= 11 is 0. The fraction of sp³-hybridized carbons (Fsp3) is 0.421. The average Bonchev–Trinajstić information content (AvgIpc) is 3.32. The van der Waals surface area contributed by atoms with Gasteiger partial charge in [-0.15, -0.1) is 0 Å². The molecule has 1 aromatic heterocycles. The van der Waals surface area contributed by atoms with Crippen LogP contribution in [-0.2, 0) is 5.60 Å². The number of aliphatic hydroxyl groups is 2. The quantitative estimate of drug-likeness (QED) is 0.760. The molecule has 1 unspecified atom stereocenters. The van der Waals surface area contributed by atoms with E-state index in [0.29, 0.717) is 0 Å². The monoisotopic (exact) mass is 366 g/mol. The van der Waals surface area contributed by atoms with Crippen molar-refractivity contribution in [3.63, 3.8) is 0 Å². The average molecular weight is 366 g/mol. The fourth-order valence-electron chi connectivity index (χ4n) is 2.86. The summed E-state index contributed by atoms with van der Waals surface area (Å²) in [6, 6.07) is 4.95. The SMILES string of the molecule is CC(C)(O)c1cc(C(O)[C@H](N)C2(F)CC2)nc(-c2ccc(F)cc2)c1F. The zero-order valence-corrected chi connectivity index (χ0v) is 14.5. The van der Waals surface area contributed by atoms with Crippen molar-refractivity contribution < 1.29 is 23.4 Å². The molecule has 1 heterocycles. The van der Waals surface area contributed by atoms with E-state index in [4.69, 9.17) is 5.73 Å². The molecule has 3 rings (SSSR count). The topological polar surface area (TPSA) is 79.4 Å². The van der Waals surface area contributed by atoms with Gasteiger partial charge in [0.1, 0.15) is 23.3 Å². The molecule has 2 atom stereocenters. The van der Waals surface area contributed by atoms with Gasteiger partial charge in [-0.05, 0) is 57.0 Å². The van der Waals surface area contributed by atoms with Crippen molar-refractivity contribution in [3.05, 3.63) is 53.2 Å². The summed E-state index contributed by atoms with van der Waals surface area (Å²) in [6.07, 6.45) is -0.978. The van der Waals surface area contributed by atoms with Crippen LogP contribution in [0, 0.1) is 11.6 Å². The lowest BCUT2D eigenvalue weighted by Crippen LogP contribution is -2.40. The Morgan fingerprint density at radius 3 is 2.27 bits per heavy atom. The first-order chi connectivity index (χ1) is 12.0. The number of hydrogen-bond donors (Lipinski definition) is 3. The molecule has 0 saturated heterocycles. The van der Waals surface area contributed by atoms with Crippen LogP contribution in [0.3, 0.4) is 0 Å². The molecule has 0 amide bonds. The Hall–Kier alpha value is -1.96. The van der Waals surface area contributed by atoms with Crippen LogP contribution < -0.4 is 5.73 Å². The Kier molecular flexibility index (Phi) is 4.58. The zero-order valence-electron chi connectivity index (χ0n) is 14.5. The lowest BCUT2D eigenvalue weighted by molar-refractivity contribution is 0.0715. The fourth-order valence-corrected chi connectivity index (χ4v) is 2.86. The first-order valence-electron chi connectivity index (χ1n) is 8.35. The highest BCUT2D eigenvalue weighted by Gasteiger charge is 2.52. The zero-order chi connectivity index (χ0) is 19.3. The van der Waals surface area contributed by atoms with Gasteiger partial charge >= 0.3 is 0 Å². The number of halogens is 3. The van der Waals surface area contributed by atoms with Gasteiger partial charge in [0.05, 0.1) is 17.3 Å². The number of alkyl halides is 1. The molecule has 1 aliphatic carbocycles. The molecule has 1 saturated carbocycles. The summed E-state index contributed by atoms with van der Waals surface area (Å²) in [5, 5.41) is 20.8. The highest BCUT2D eigenvalue weighted by Crippen LogP contribution is 2.46. The molecule has 0 radical (unpaired) electrons. The third-order valence-corrected chi connectivity index (χ3v) is 4.72. The minimum Gasteiger partial charge on any atom is -0.386 e. The van der Waals surface area contributed by atoms with Crippen LogP contribution in [0.2, 0.25) is 0 Å². The van der Waals surface area contributed by atoms with E-state index < -0.39 is 35.1 Å². The van der Waals surface area contributed by atoms with Crippen molar-refractivity contribution in [1.82, 2.24) is 4.98 Å². The molecule has 7 heteroatoms. The van der Waals surface area contributed by atoms with Crippen molar-refractivity contribution in [2.24, 2.45) is 5.73 Å². The van der Waals surface area contributed by atoms with Crippen molar-refractivity contribution >= 4 is 0 Å². The van der Waals surface area contributed by atoms with Crippen LogP contribution >= 0.6 is 0 Å². The maximum absolute atomic E-state index is 14.9. The van der Waals surface area contributed by atoms with Crippen LogP contribution in [0.25, 0.3) is 11.3 Å². The van der Waals surface area contributed by atoms with Gasteiger partial charge in [0.25, 0.3) is 0 Å². The minimum atomic E-state index is -1.67. The number of aliphatic hydroxyl groups excluding tert-OH is 1. The second-order valence-electron chi connectivity index (χ2n) is 7.33. The first kappa shape index (κ1) is 18.8. The van der Waals surface area contributed by atoms with Gasteiger partial charge in [-0.2, -0.15) is 0 Å². The number of benzene rings is 1. The molecular formula is C19H21F3N2O2. The summed E-state index contributed by atoms with van der Waals surface area (Å²) in [5.41, 5.74) is 2.52. The van der Waals surface area contributed by atoms with Crippen molar-refractivity contribution in [2.45, 2.75) is 50.1 Å². The number of nitrogens with two attached hydrogens (primary N) is 1. The van der Waals surface area contributed by atoms with E-state index in [2.05, 4.69) is 4.98 Å². The molecule has 1 aliphatic rings. The number of aromatic nitrogens is 1. The van der Waals surface area contributed by atoms with Crippen molar-refractivity contribution in [3.8, 4) is 11.3 Å². The first-order valence-corrected chi connectivity index (χ1v) is 8.35. The number of nitrogens with zero attached hydrogens (tertiary/aromatic N) is 1. The Balaban J connectivity index is 2.13. The predicted octanol–water partition coefficient (Wildman–Crippen LogP) is 3.12. The molecule has 0 bridgehead atoms. The van der Waals surface area contributed by atoms with Gasteiger partial charge in [0, 0.05) is 11.1 Å². The summed E-state index contributed by atoms with van der Waals surface area (Å²) in [6.45, 7) is 2.76.